The summed E-state index contributed by atoms with van der Waals surface area (Å²) >= 11 is -1.86. The van der Waals surface area contributed by atoms with E-state index in [2.05, 4.69) is 4.72 Å². The Balaban J connectivity index is 1.70. The standard InChI is InChI=1S/C25H27N3O5S2/c1-18-7-9-19(10-8-18)20-11-13-22(14-12-20)35(32,33)28(16-15-27-34(26)31)25(24(29)30)17-23(25)21-5-3-2-4-6-21/h2-14,23,27H,15-17,26H2,1H3,(H,29,30). The number of aryl methyl sites for hydroxylation is 1. The summed E-state index contributed by atoms with van der Waals surface area (Å²) in [6.45, 7) is 1.71. The van der Waals surface area contributed by atoms with Gasteiger partial charge in [-0.3, -0.25) is 4.79 Å². The highest BCUT2D eigenvalue weighted by Crippen LogP contribution is 2.57. The van der Waals surface area contributed by atoms with Crippen LogP contribution in [-0.2, 0) is 26.0 Å². The molecule has 0 spiro atoms. The first-order valence-corrected chi connectivity index (χ1v) is 13.7. The van der Waals surface area contributed by atoms with Crippen LogP contribution in [0.2, 0.25) is 0 Å². The van der Waals surface area contributed by atoms with E-state index in [-0.39, 0.29) is 24.4 Å². The molecule has 1 saturated carbocycles. The van der Waals surface area contributed by atoms with Gasteiger partial charge in [-0.15, -0.1) is 0 Å². The Morgan fingerprint density at radius 1 is 1.06 bits per heavy atom. The van der Waals surface area contributed by atoms with Crippen molar-refractivity contribution >= 4 is 27.2 Å². The lowest BCUT2D eigenvalue weighted by molar-refractivity contribution is -0.143. The summed E-state index contributed by atoms with van der Waals surface area (Å²) in [6, 6.07) is 23.2. The molecule has 3 unspecified atom stereocenters. The Bertz CT molecular complexity index is 1330. The highest BCUT2D eigenvalue weighted by Gasteiger charge is 2.67. The SMILES string of the molecule is Cc1ccc(-c2ccc(S(=O)(=O)N(CCNS(N)=O)C3(C(=O)O)CC3c3ccccc3)cc2)cc1. The van der Waals surface area contributed by atoms with Gasteiger partial charge in [0.2, 0.25) is 10.0 Å². The fraction of sp³-hybridized carbons (Fsp3) is 0.240. The number of benzene rings is 3. The maximum atomic E-state index is 13.8. The van der Waals surface area contributed by atoms with Gasteiger partial charge in [0.1, 0.15) is 5.54 Å². The number of nitrogens with two attached hydrogens (primary N) is 1. The predicted molar refractivity (Wildman–Crippen MR) is 135 cm³/mol. The van der Waals surface area contributed by atoms with E-state index in [4.69, 9.17) is 5.14 Å². The Morgan fingerprint density at radius 2 is 1.63 bits per heavy atom. The van der Waals surface area contributed by atoms with E-state index in [1.54, 1.807) is 36.4 Å². The van der Waals surface area contributed by atoms with Crippen molar-refractivity contribution in [3.63, 3.8) is 0 Å². The zero-order chi connectivity index (χ0) is 25.2. The maximum Gasteiger partial charge on any atom is 0.325 e. The van der Waals surface area contributed by atoms with Crippen LogP contribution in [0, 0.1) is 6.92 Å². The number of carbonyl (C=O) groups is 1. The Morgan fingerprint density at radius 3 is 2.17 bits per heavy atom. The van der Waals surface area contributed by atoms with Crippen molar-refractivity contribution in [2.45, 2.75) is 29.7 Å². The molecule has 4 N–H and O–H groups in total. The predicted octanol–water partition coefficient (Wildman–Crippen LogP) is 2.79. The summed E-state index contributed by atoms with van der Waals surface area (Å²) in [5.74, 6) is -1.73. The molecule has 3 atom stereocenters. The molecule has 184 valence electrons. The van der Waals surface area contributed by atoms with Crippen LogP contribution < -0.4 is 9.86 Å². The first-order chi connectivity index (χ1) is 16.7. The quantitative estimate of drug-likeness (QED) is 0.384. The molecule has 8 nitrogen and oxygen atoms in total. The van der Waals surface area contributed by atoms with Gasteiger partial charge in [-0.05, 0) is 42.2 Å². The number of nitrogens with one attached hydrogen (secondary N) is 1. The van der Waals surface area contributed by atoms with E-state index >= 15 is 0 Å². The van der Waals surface area contributed by atoms with E-state index in [0.717, 1.165) is 26.6 Å². The zero-order valence-corrected chi connectivity index (χ0v) is 20.8. The third-order valence-electron chi connectivity index (χ3n) is 6.34. The lowest BCUT2D eigenvalue weighted by Gasteiger charge is -2.29. The van der Waals surface area contributed by atoms with Crippen LogP contribution in [-0.4, -0.2) is 46.6 Å². The highest BCUT2D eigenvalue weighted by molar-refractivity contribution is 7.89. The number of aliphatic carboxylic acids is 1. The molecule has 1 aliphatic carbocycles. The molecule has 0 bridgehead atoms. The average Bonchev–Trinajstić information content (AvgIpc) is 3.59. The molecule has 35 heavy (non-hydrogen) atoms. The van der Waals surface area contributed by atoms with E-state index in [9.17, 15) is 22.5 Å². The minimum Gasteiger partial charge on any atom is -0.480 e. The molecule has 0 aliphatic heterocycles. The van der Waals surface area contributed by atoms with Crippen molar-refractivity contribution in [2.75, 3.05) is 13.1 Å². The molecule has 10 heteroatoms. The molecule has 0 aromatic heterocycles. The van der Waals surface area contributed by atoms with Gasteiger partial charge in [-0.2, -0.15) is 4.31 Å². The van der Waals surface area contributed by atoms with Gasteiger partial charge in [0.05, 0.1) is 4.90 Å². The topological polar surface area (TPSA) is 130 Å². The fourth-order valence-corrected chi connectivity index (χ4v) is 6.49. The molecule has 1 fully saturated rings. The summed E-state index contributed by atoms with van der Waals surface area (Å²) in [5, 5.41) is 15.5. The molecule has 3 aromatic rings. The largest absolute Gasteiger partial charge is 0.480 e. The second-order valence-corrected chi connectivity index (χ2v) is 11.3. The number of carboxylic acids is 1. The minimum absolute atomic E-state index is 0.0124. The highest BCUT2D eigenvalue weighted by atomic mass is 32.2. The molecular formula is C25H27N3O5S2. The second kappa shape index (κ2) is 10.00. The third-order valence-corrected chi connectivity index (χ3v) is 8.78. The average molecular weight is 514 g/mol. The Labute approximate surface area is 207 Å². The fourth-order valence-electron chi connectivity index (χ4n) is 4.42. The summed E-state index contributed by atoms with van der Waals surface area (Å²) in [4.78, 5) is 12.5. The van der Waals surface area contributed by atoms with Crippen LogP contribution in [0.4, 0.5) is 0 Å². The lowest BCUT2D eigenvalue weighted by atomic mass is 10.0. The van der Waals surface area contributed by atoms with Gasteiger partial charge in [-0.25, -0.2) is 22.5 Å². The molecule has 0 radical (unpaired) electrons. The smallest absolute Gasteiger partial charge is 0.325 e. The van der Waals surface area contributed by atoms with Crippen LogP contribution >= 0.6 is 0 Å². The summed E-state index contributed by atoms with van der Waals surface area (Å²) in [5.41, 5.74) is 2.01. The van der Waals surface area contributed by atoms with Gasteiger partial charge in [0.15, 0.2) is 11.2 Å². The maximum absolute atomic E-state index is 13.8. The Hall–Kier alpha value is -2.89. The van der Waals surface area contributed by atoms with E-state index in [1.165, 1.54) is 12.1 Å². The first kappa shape index (κ1) is 25.2. The van der Waals surface area contributed by atoms with E-state index in [0.29, 0.717) is 0 Å². The molecule has 1 aliphatic rings. The number of hydrogen-bond donors (Lipinski definition) is 3. The molecule has 0 saturated heterocycles. The van der Waals surface area contributed by atoms with Crippen molar-refractivity contribution in [3.05, 3.63) is 90.0 Å². The molecule has 3 aromatic carbocycles. The van der Waals surface area contributed by atoms with Crippen molar-refractivity contribution in [3.8, 4) is 11.1 Å². The monoisotopic (exact) mass is 513 g/mol. The zero-order valence-electron chi connectivity index (χ0n) is 19.1. The number of rotatable bonds is 10. The van der Waals surface area contributed by atoms with Gasteiger partial charge in [0, 0.05) is 19.0 Å². The summed E-state index contributed by atoms with van der Waals surface area (Å²) in [7, 11) is -4.21. The lowest BCUT2D eigenvalue weighted by Crippen LogP contribution is -2.51. The number of nitrogens with zero attached hydrogens (tertiary/aromatic N) is 1. The molecule has 0 heterocycles. The number of sulfonamides is 1. The van der Waals surface area contributed by atoms with Gasteiger partial charge in [0.25, 0.3) is 0 Å². The first-order valence-electron chi connectivity index (χ1n) is 11.0. The van der Waals surface area contributed by atoms with Gasteiger partial charge >= 0.3 is 5.97 Å². The normalized spacial score (nSPS) is 20.5. The van der Waals surface area contributed by atoms with E-state index in [1.807, 2.05) is 37.3 Å². The second-order valence-electron chi connectivity index (χ2n) is 8.56. The minimum atomic E-state index is -4.21. The number of hydrogen-bond acceptors (Lipinski definition) is 4. The molecule has 4 rings (SSSR count). The van der Waals surface area contributed by atoms with Crippen molar-refractivity contribution in [1.82, 2.24) is 9.03 Å². The van der Waals surface area contributed by atoms with Gasteiger partial charge < -0.3 is 5.11 Å². The van der Waals surface area contributed by atoms with Crippen molar-refractivity contribution in [1.29, 1.82) is 0 Å². The molecule has 0 amide bonds. The van der Waals surface area contributed by atoms with Crippen LogP contribution in [0.5, 0.6) is 0 Å². The van der Waals surface area contributed by atoms with Crippen LogP contribution in [0.1, 0.15) is 23.5 Å². The summed E-state index contributed by atoms with van der Waals surface area (Å²) in [6.07, 6.45) is 0.138. The van der Waals surface area contributed by atoms with Crippen LogP contribution in [0.15, 0.2) is 83.8 Å². The third kappa shape index (κ3) is 5.07. The van der Waals surface area contributed by atoms with Gasteiger partial charge in [-0.1, -0.05) is 72.3 Å². The molecular weight excluding hydrogens is 486 g/mol. The van der Waals surface area contributed by atoms with Crippen LogP contribution in [0.25, 0.3) is 11.1 Å². The number of carboxylic acid groups (broad SMARTS) is 1. The Kier molecular flexibility index (Phi) is 7.20. The van der Waals surface area contributed by atoms with Crippen molar-refractivity contribution < 1.29 is 22.5 Å². The van der Waals surface area contributed by atoms with Crippen molar-refractivity contribution in [2.24, 2.45) is 5.14 Å². The van der Waals surface area contributed by atoms with Crippen LogP contribution in [0.3, 0.4) is 0 Å². The summed E-state index contributed by atoms with van der Waals surface area (Å²) < 4.78 is 42.4. The van der Waals surface area contributed by atoms with E-state index < -0.39 is 38.6 Å².